The van der Waals surface area contributed by atoms with E-state index in [0.717, 1.165) is 6.26 Å². The summed E-state index contributed by atoms with van der Waals surface area (Å²) in [4.78, 5) is 10.8. The van der Waals surface area contributed by atoms with Crippen molar-refractivity contribution in [2.24, 2.45) is 0 Å². The summed E-state index contributed by atoms with van der Waals surface area (Å²) in [5.41, 5.74) is -0.686. The standard InChI is InChI=1S/C6H13NO4S.Li.H/c1-6(2,3)11-5(8)7-12(4,9)10;;/h1-4H3,(H,7,8);;/q;+1;-1. The Labute approximate surface area is 91.9 Å². The predicted octanol–water partition coefficient (Wildman–Crippen LogP) is -2.41. The Morgan fingerprint density at radius 3 is 2.00 bits per heavy atom. The first-order valence-electron chi connectivity index (χ1n) is 3.31. The Morgan fingerprint density at radius 2 is 1.77 bits per heavy atom. The number of hydrogen-bond donors (Lipinski definition) is 1. The van der Waals surface area contributed by atoms with E-state index in [9.17, 15) is 13.2 Å². The molecule has 0 aliphatic carbocycles. The van der Waals surface area contributed by atoms with Gasteiger partial charge >= 0.3 is 25.0 Å². The van der Waals surface area contributed by atoms with E-state index in [-0.39, 0.29) is 20.3 Å². The number of carbonyl (C=O) groups excluding carboxylic acids is 1. The average Bonchev–Trinajstić information content (AvgIpc) is 1.49. The van der Waals surface area contributed by atoms with E-state index >= 15 is 0 Å². The molecule has 0 aliphatic rings. The van der Waals surface area contributed by atoms with Crippen molar-refractivity contribution in [3.63, 3.8) is 0 Å². The van der Waals surface area contributed by atoms with Gasteiger partial charge in [-0.1, -0.05) is 0 Å². The number of carbonyl (C=O) groups is 1. The molecule has 0 radical (unpaired) electrons. The van der Waals surface area contributed by atoms with Crippen molar-refractivity contribution in [3.05, 3.63) is 0 Å². The molecule has 0 spiro atoms. The number of sulfonamides is 1. The molecule has 7 heteroatoms. The zero-order chi connectivity index (χ0) is 9.99. The van der Waals surface area contributed by atoms with Crippen LogP contribution in [0.1, 0.15) is 22.2 Å². The van der Waals surface area contributed by atoms with Crippen LogP contribution in [0.25, 0.3) is 0 Å². The molecule has 0 unspecified atom stereocenters. The topological polar surface area (TPSA) is 72.5 Å². The molecule has 0 aromatic rings. The van der Waals surface area contributed by atoms with Crippen LogP contribution in [0.3, 0.4) is 0 Å². The fourth-order valence-electron chi connectivity index (χ4n) is 0.450. The van der Waals surface area contributed by atoms with Crippen LogP contribution < -0.4 is 23.6 Å². The number of amides is 1. The van der Waals surface area contributed by atoms with Crippen LogP contribution in [0.4, 0.5) is 4.79 Å². The number of hydrogen-bond acceptors (Lipinski definition) is 4. The van der Waals surface area contributed by atoms with E-state index in [2.05, 4.69) is 4.74 Å². The average molecular weight is 203 g/mol. The van der Waals surface area contributed by atoms with Gasteiger partial charge in [0.15, 0.2) is 0 Å². The first-order chi connectivity index (χ1) is 5.10. The third-order valence-corrected chi connectivity index (χ3v) is 1.21. The summed E-state index contributed by atoms with van der Waals surface area (Å²) in [5.74, 6) is 0. The molecule has 13 heavy (non-hydrogen) atoms. The van der Waals surface area contributed by atoms with Crippen LogP contribution in [0.15, 0.2) is 0 Å². The van der Waals surface area contributed by atoms with E-state index in [1.807, 2.05) is 0 Å². The van der Waals surface area contributed by atoms with Crippen LogP contribution in [0.2, 0.25) is 0 Å². The maximum absolute atomic E-state index is 10.8. The molecule has 1 amide bonds. The molecule has 0 atom stereocenters. The Balaban J connectivity index is -0.000000605. The van der Waals surface area contributed by atoms with Gasteiger partial charge in [-0.2, -0.15) is 0 Å². The SMILES string of the molecule is CC(C)(C)OC(=O)NS(C)(=O)=O.[H-].[Li+]. The Bertz CT molecular complexity index is 272. The van der Waals surface area contributed by atoms with E-state index in [0.29, 0.717) is 0 Å². The molecule has 0 heterocycles. The van der Waals surface area contributed by atoms with Crippen LogP contribution in [-0.2, 0) is 14.8 Å². The van der Waals surface area contributed by atoms with Crippen LogP contribution in [0, 0.1) is 0 Å². The van der Waals surface area contributed by atoms with Gasteiger partial charge in [0.1, 0.15) is 5.60 Å². The third kappa shape index (κ3) is 11.8. The van der Waals surface area contributed by atoms with Gasteiger partial charge in [0.05, 0.1) is 6.26 Å². The summed E-state index contributed by atoms with van der Waals surface area (Å²) < 4.78 is 27.4. The van der Waals surface area contributed by atoms with Crippen molar-refractivity contribution in [2.75, 3.05) is 6.26 Å². The minimum atomic E-state index is -3.52. The first-order valence-corrected chi connectivity index (χ1v) is 5.20. The van der Waals surface area contributed by atoms with Crippen molar-refractivity contribution >= 4 is 16.1 Å². The van der Waals surface area contributed by atoms with E-state index in [4.69, 9.17) is 0 Å². The number of nitrogens with one attached hydrogen (secondary N) is 1. The normalized spacial score (nSPS) is 11.4. The summed E-state index contributed by atoms with van der Waals surface area (Å²) in [6.45, 7) is 4.94. The second kappa shape index (κ2) is 4.89. The zero-order valence-electron chi connectivity index (χ0n) is 9.54. The Morgan fingerprint density at radius 1 is 1.38 bits per heavy atom. The summed E-state index contributed by atoms with van der Waals surface area (Å²) in [6, 6.07) is 0. The number of ether oxygens (including phenoxy) is 1. The molecule has 0 fully saturated rings. The van der Waals surface area contributed by atoms with Crippen molar-refractivity contribution in [1.29, 1.82) is 0 Å². The second-order valence-corrected chi connectivity index (χ2v) is 5.12. The summed E-state index contributed by atoms with van der Waals surface area (Å²) in [6.07, 6.45) is -0.0679. The predicted molar refractivity (Wildman–Crippen MR) is 45.3 cm³/mol. The van der Waals surface area contributed by atoms with Crippen molar-refractivity contribution in [1.82, 2.24) is 4.72 Å². The van der Waals surface area contributed by atoms with E-state index in [1.54, 1.807) is 25.5 Å². The summed E-state index contributed by atoms with van der Waals surface area (Å²) in [7, 11) is -3.52. The van der Waals surface area contributed by atoms with E-state index in [1.165, 1.54) is 0 Å². The molecule has 74 valence electrons. The van der Waals surface area contributed by atoms with Gasteiger partial charge < -0.3 is 6.16 Å². The quantitative estimate of drug-likeness (QED) is 0.482. The van der Waals surface area contributed by atoms with Crippen molar-refractivity contribution in [2.45, 2.75) is 26.4 Å². The van der Waals surface area contributed by atoms with E-state index < -0.39 is 21.7 Å². The summed E-state index contributed by atoms with van der Waals surface area (Å²) >= 11 is 0. The first kappa shape index (κ1) is 15.3. The third-order valence-electron chi connectivity index (χ3n) is 0.668. The van der Waals surface area contributed by atoms with Gasteiger partial charge in [0.2, 0.25) is 10.0 Å². The fourth-order valence-corrected chi connectivity index (χ4v) is 0.795. The van der Waals surface area contributed by atoms with Crippen molar-refractivity contribution in [3.8, 4) is 0 Å². The molecular formula is C6H14LiNO4S. The molecular weight excluding hydrogens is 189 g/mol. The molecule has 1 N–H and O–H groups in total. The molecule has 0 aromatic carbocycles. The molecule has 0 aliphatic heterocycles. The van der Waals surface area contributed by atoms with Gasteiger partial charge in [0, 0.05) is 0 Å². The smallest absolute Gasteiger partial charge is 1.00 e. The van der Waals surface area contributed by atoms with Crippen LogP contribution >= 0.6 is 0 Å². The Kier molecular flexibility index (Phi) is 5.75. The monoisotopic (exact) mass is 203 g/mol. The van der Waals surface area contributed by atoms with Gasteiger partial charge in [0.25, 0.3) is 0 Å². The second-order valence-electron chi connectivity index (χ2n) is 3.38. The van der Waals surface area contributed by atoms with Gasteiger partial charge in [-0.05, 0) is 20.8 Å². The van der Waals surface area contributed by atoms with Crippen LogP contribution in [0.5, 0.6) is 0 Å². The Hall–Kier alpha value is -0.183. The van der Waals surface area contributed by atoms with Crippen LogP contribution in [-0.4, -0.2) is 26.4 Å². The summed E-state index contributed by atoms with van der Waals surface area (Å²) in [5, 5.41) is 0. The van der Waals surface area contributed by atoms with Gasteiger partial charge in [-0.25, -0.2) is 17.9 Å². The van der Waals surface area contributed by atoms with Gasteiger partial charge in [-0.15, -0.1) is 0 Å². The maximum Gasteiger partial charge on any atom is 1.00 e. The zero-order valence-corrected chi connectivity index (χ0v) is 9.36. The molecule has 0 saturated heterocycles. The largest absolute Gasteiger partial charge is 1.00 e. The van der Waals surface area contributed by atoms with Crippen molar-refractivity contribution < 1.29 is 38.2 Å². The molecule has 0 saturated carbocycles. The molecule has 0 aromatic heterocycles. The minimum Gasteiger partial charge on any atom is -1.00 e. The molecule has 5 nitrogen and oxygen atoms in total. The van der Waals surface area contributed by atoms with Gasteiger partial charge in [-0.3, -0.25) is 0 Å². The maximum atomic E-state index is 10.8. The minimum absolute atomic E-state index is 0. The number of rotatable bonds is 1. The fraction of sp³-hybridized carbons (Fsp3) is 0.833. The molecule has 0 bridgehead atoms. The molecule has 0 rings (SSSR count).